The SMILES string of the molecule is CNC(=O)COc1cc2cc(Cc3nc(N4C[C@H](C)C[C@H](CO)C4)ncc3Cl)ccc2n(C)c1=O. The standard InChI is InChI=1S/C25H30ClN5O4/c1-15-6-17(13-32)12-31(11-15)25-28-10-19(26)20(29-25)8-16-4-5-21-18(7-16)9-22(24(34)30(21)3)35-14-23(33)27-2/h4-5,7,9-10,15,17,32H,6,8,11-14H2,1-3H3,(H,27,33)/t15-,17+/m1/s1. The van der Waals surface area contributed by atoms with Gasteiger partial charge >= 0.3 is 0 Å². The highest BCUT2D eigenvalue weighted by Gasteiger charge is 2.26. The number of rotatable bonds is 7. The van der Waals surface area contributed by atoms with Crippen molar-refractivity contribution < 1.29 is 14.6 Å². The highest BCUT2D eigenvalue weighted by molar-refractivity contribution is 6.31. The number of carbonyl (C=O) groups is 1. The summed E-state index contributed by atoms with van der Waals surface area (Å²) in [6, 6.07) is 7.43. The fourth-order valence-corrected chi connectivity index (χ4v) is 4.73. The molecule has 0 saturated carbocycles. The van der Waals surface area contributed by atoms with Gasteiger partial charge in [0.25, 0.3) is 11.5 Å². The lowest BCUT2D eigenvalue weighted by atomic mass is 9.91. The van der Waals surface area contributed by atoms with Gasteiger partial charge in [0.1, 0.15) is 0 Å². The fraction of sp³-hybridized carbons (Fsp3) is 0.440. The van der Waals surface area contributed by atoms with Crippen LogP contribution in [0.1, 0.15) is 24.6 Å². The zero-order valence-corrected chi connectivity index (χ0v) is 20.9. The van der Waals surface area contributed by atoms with E-state index in [-0.39, 0.29) is 36.3 Å². The minimum Gasteiger partial charge on any atom is -0.478 e. The number of anilines is 1. The van der Waals surface area contributed by atoms with E-state index in [4.69, 9.17) is 21.3 Å². The van der Waals surface area contributed by atoms with Gasteiger partial charge in [-0.3, -0.25) is 9.59 Å². The maximum atomic E-state index is 12.6. The summed E-state index contributed by atoms with van der Waals surface area (Å²) in [6.07, 6.45) is 3.10. The Balaban J connectivity index is 1.61. The molecule has 9 nitrogen and oxygen atoms in total. The molecule has 3 heterocycles. The number of piperidine rings is 1. The Bertz CT molecular complexity index is 1290. The summed E-state index contributed by atoms with van der Waals surface area (Å²) in [5.41, 5.74) is 2.10. The average molecular weight is 500 g/mol. The van der Waals surface area contributed by atoms with Crippen LogP contribution in [0.25, 0.3) is 10.9 Å². The Kier molecular flexibility index (Phi) is 7.57. The van der Waals surface area contributed by atoms with Gasteiger partial charge in [0.2, 0.25) is 5.95 Å². The maximum absolute atomic E-state index is 12.6. The van der Waals surface area contributed by atoms with E-state index in [2.05, 4.69) is 22.1 Å². The number of benzene rings is 1. The molecular weight excluding hydrogens is 470 g/mol. The van der Waals surface area contributed by atoms with Crippen molar-refractivity contribution in [2.45, 2.75) is 19.8 Å². The van der Waals surface area contributed by atoms with Crippen LogP contribution in [-0.2, 0) is 18.3 Å². The third-order valence-electron chi connectivity index (χ3n) is 6.36. The average Bonchev–Trinajstić information content (AvgIpc) is 2.85. The Morgan fingerprint density at radius 3 is 2.86 bits per heavy atom. The second-order valence-corrected chi connectivity index (χ2v) is 9.57. The van der Waals surface area contributed by atoms with E-state index in [0.717, 1.165) is 29.4 Å². The molecule has 0 spiro atoms. The monoisotopic (exact) mass is 499 g/mol. The summed E-state index contributed by atoms with van der Waals surface area (Å²) in [5, 5.41) is 13.4. The summed E-state index contributed by atoms with van der Waals surface area (Å²) >= 11 is 6.46. The number of likely N-dealkylation sites (N-methyl/N-ethyl adjacent to an activating group) is 1. The van der Waals surface area contributed by atoms with Crippen LogP contribution in [0.15, 0.2) is 35.3 Å². The molecule has 1 saturated heterocycles. The number of aromatic nitrogens is 3. The topological polar surface area (TPSA) is 110 Å². The highest BCUT2D eigenvalue weighted by atomic mass is 35.5. The third-order valence-corrected chi connectivity index (χ3v) is 6.67. The van der Waals surface area contributed by atoms with Gasteiger partial charge in [0.05, 0.1) is 22.4 Å². The summed E-state index contributed by atoms with van der Waals surface area (Å²) < 4.78 is 6.96. The molecule has 0 aliphatic carbocycles. The van der Waals surface area contributed by atoms with Crippen LogP contribution < -0.4 is 20.5 Å². The van der Waals surface area contributed by atoms with Gasteiger partial charge in [-0.1, -0.05) is 24.6 Å². The molecule has 1 aliphatic rings. The first-order chi connectivity index (χ1) is 16.8. The van der Waals surface area contributed by atoms with Gasteiger partial charge in [-0.05, 0) is 42.0 Å². The van der Waals surface area contributed by atoms with Crippen LogP contribution in [0.2, 0.25) is 5.02 Å². The van der Waals surface area contributed by atoms with E-state index in [0.29, 0.717) is 35.5 Å². The first-order valence-corrected chi connectivity index (χ1v) is 12.0. The molecule has 1 fully saturated rings. The van der Waals surface area contributed by atoms with Gasteiger partial charge < -0.3 is 24.6 Å². The molecular formula is C25H30ClN5O4. The fourth-order valence-electron chi connectivity index (χ4n) is 4.57. The van der Waals surface area contributed by atoms with Crippen molar-refractivity contribution in [3.8, 4) is 5.75 Å². The number of halogens is 1. The van der Waals surface area contributed by atoms with Crippen molar-refractivity contribution in [1.29, 1.82) is 0 Å². The van der Waals surface area contributed by atoms with Gasteiger partial charge in [0.15, 0.2) is 12.4 Å². The zero-order chi connectivity index (χ0) is 25.1. The first-order valence-electron chi connectivity index (χ1n) is 11.6. The van der Waals surface area contributed by atoms with Crippen LogP contribution in [0.3, 0.4) is 0 Å². The number of aliphatic hydroxyl groups excluding tert-OH is 1. The minimum atomic E-state index is -0.316. The number of aliphatic hydroxyl groups is 1. The number of amides is 1. The number of fused-ring (bicyclic) bond motifs is 1. The Hall–Kier alpha value is -3.17. The molecule has 0 radical (unpaired) electrons. The van der Waals surface area contributed by atoms with E-state index in [9.17, 15) is 14.7 Å². The third kappa shape index (κ3) is 5.57. The van der Waals surface area contributed by atoms with Crippen molar-refractivity contribution in [2.75, 3.05) is 38.3 Å². The Morgan fingerprint density at radius 2 is 2.11 bits per heavy atom. The summed E-state index contributed by atoms with van der Waals surface area (Å²) in [4.78, 5) is 35.5. The molecule has 3 aromatic rings. The number of pyridine rings is 1. The molecule has 35 heavy (non-hydrogen) atoms. The predicted molar refractivity (Wildman–Crippen MR) is 135 cm³/mol. The molecule has 186 valence electrons. The lowest BCUT2D eigenvalue weighted by Gasteiger charge is -2.35. The molecule has 10 heteroatoms. The zero-order valence-electron chi connectivity index (χ0n) is 20.1. The molecule has 0 bridgehead atoms. The Morgan fingerprint density at radius 1 is 1.31 bits per heavy atom. The largest absolute Gasteiger partial charge is 0.478 e. The van der Waals surface area contributed by atoms with Crippen molar-refractivity contribution >= 4 is 34.4 Å². The van der Waals surface area contributed by atoms with E-state index in [1.54, 1.807) is 19.3 Å². The van der Waals surface area contributed by atoms with Gasteiger partial charge in [-0.25, -0.2) is 9.97 Å². The van der Waals surface area contributed by atoms with Gasteiger partial charge in [-0.2, -0.15) is 0 Å². The number of ether oxygens (including phenoxy) is 1. The number of aryl methyl sites for hydroxylation is 1. The normalized spacial score (nSPS) is 18.0. The van der Waals surface area contributed by atoms with E-state index >= 15 is 0 Å². The molecule has 1 aromatic carbocycles. The minimum absolute atomic E-state index is 0.112. The molecule has 4 rings (SSSR count). The lowest BCUT2D eigenvalue weighted by molar-refractivity contribution is -0.122. The number of hydrogen-bond donors (Lipinski definition) is 2. The number of hydrogen-bond acceptors (Lipinski definition) is 7. The smallest absolute Gasteiger partial charge is 0.293 e. The summed E-state index contributed by atoms with van der Waals surface area (Å²) in [5.74, 6) is 1.05. The molecule has 2 atom stereocenters. The van der Waals surface area contributed by atoms with Gasteiger partial charge in [-0.15, -0.1) is 0 Å². The number of carbonyl (C=O) groups excluding carboxylic acids is 1. The van der Waals surface area contributed by atoms with E-state index in [1.807, 2.05) is 18.2 Å². The molecule has 2 aromatic heterocycles. The van der Waals surface area contributed by atoms with Crippen LogP contribution in [0, 0.1) is 11.8 Å². The second kappa shape index (κ2) is 10.6. The number of nitrogens with zero attached hydrogens (tertiary/aromatic N) is 4. The van der Waals surface area contributed by atoms with Crippen LogP contribution in [-0.4, -0.2) is 58.9 Å². The van der Waals surface area contributed by atoms with Crippen molar-refractivity contribution in [1.82, 2.24) is 19.9 Å². The lowest BCUT2D eigenvalue weighted by Crippen LogP contribution is -2.41. The quantitative estimate of drug-likeness (QED) is 0.512. The molecule has 0 unspecified atom stereocenters. The van der Waals surface area contributed by atoms with Crippen LogP contribution in [0.4, 0.5) is 5.95 Å². The van der Waals surface area contributed by atoms with Crippen molar-refractivity contribution in [2.24, 2.45) is 18.9 Å². The summed E-state index contributed by atoms with van der Waals surface area (Å²) in [7, 11) is 3.18. The van der Waals surface area contributed by atoms with E-state index < -0.39 is 0 Å². The maximum Gasteiger partial charge on any atom is 0.293 e. The van der Waals surface area contributed by atoms with Crippen LogP contribution in [0.5, 0.6) is 5.75 Å². The van der Waals surface area contributed by atoms with Crippen molar-refractivity contribution in [3.63, 3.8) is 0 Å². The van der Waals surface area contributed by atoms with Gasteiger partial charge in [0, 0.05) is 45.6 Å². The predicted octanol–water partition coefficient (Wildman–Crippen LogP) is 2.15. The Labute approximate surface area is 208 Å². The second-order valence-electron chi connectivity index (χ2n) is 9.16. The van der Waals surface area contributed by atoms with Crippen molar-refractivity contribution in [3.05, 3.63) is 57.1 Å². The number of nitrogens with one attached hydrogen (secondary N) is 1. The summed E-state index contributed by atoms with van der Waals surface area (Å²) in [6.45, 7) is 3.63. The first kappa shape index (κ1) is 24.9. The van der Waals surface area contributed by atoms with Crippen LogP contribution >= 0.6 is 11.6 Å². The highest BCUT2D eigenvalue weighted by Crippen LogP contribution is 2.27. The molecule has 2 N–H and O–H groups in total. The molecule has 1 aliphatic heterocycles. The molecule has 1 amide bonds. The van der Waals surface area contributed by atoms with E-state index in [1.165, 1.54) is 11.6 Å².